The molecule has 0 radical (unpaired) electrons. The maximum atomic E-state index is 13.2. The van der Waals surface area contributed by atoms with E-state index in [-0.39, 0.29) is 12.5 Å². The van der Waals surface area contributed by atoms with Gasteiger partial charge >= 0.3 is 0 Å². The number of nitriles is 1. The van der Waals surface area contributed by atoms with Crippen LogP contribution >= 0.6 is 38.5 Å². The molecule has 1 amide bonds. The lowest BCUT2D eigenvalue weighted by Gasteiger charge is -2.12. The predicted octanol–water partition coefficient (Wildman–Crippen LogP) is 7.48. The summed E-state index contributed by atoms with van der Waals surface area (Å²) in [6.07, 6.45) is 1.58. The summed E-state index contributed by atoms with van der Waals surface area (Å²) in [5.74, 6) is 0.341. The minimum atomic E-state index is -0.327. The molecule has 6 nitrogen and oxygen atoms in total. The number of hydrogen-bond donors (Lipinski definition) is 1. The van der Waals surface area contributed by atoms with E-state index in [0.29, 0.717) is 16.9 Å². The molecule has 5 aromatic rings. The molecule has 4 aromatic carbocycles. The molecule has 0 aliphatic rings. The van der Waals surface area contributed by atoms with Gasteiger partial charge < -0.3 is 4.74 Å². The molecule has 0 aliphatic carbocycles. The van der Waals surface area contributed by atoms with E-state index < -0.39 is 0 Å². The van der Waals surface area contributed by atoms with Gasteiger partial charge in [-0.3, -0.25) is 4.79 Å². The van der Waals surface area contributed by atoms with Crippen LogP contribution in [0, 0.1) is 14.9 Å². The third kappa shape index (κ3) is 6.16. The Morgan fingerprint density at radius 3 is 2.56 bits per heavy atom. The summed E-state index contributed by atoms with van der Waals surface area (Å²) in [5.41, 5.74) is 7.71. The molecule has 0 saturated carbocycles. The van der Waals surface area contributed by atoms with Gasteiger partial charge in [-0.1, -0.05) is 66.7 Å². The average Bonchev–Trinajstić information content (AvgIpc) is 2.96. The zero-order valence-corrected chi connectivity index (χ0v) is 24.2. The third-order valence-electron chi connectivity index (χ3n) is 5.94. The van der Waals surface area contributed by atoms with E-state index >= 15 is 0 Å². The van der Waals surface area contributed by atoms with E-state index in [1.807, 2.05) is 84.9 Å². The normalized spacial score (nSPS) is 10.9. The first-order valence-electron chi connectivity index (χ1n) is 11.9. The molecule has 5 rings (SSSR count). The summed E-state index contributed by atoms with van der Waals surface area (Å²) in [6.45, 7) is 0.271. The van der Waals surface area contributed by atoms with Crippen molar-refractivity contribution in [2.24, 2.45) is 5.10 Å². The minimum absolute atomic E-state index is 0.271. The number of rotatable bonds is 7. The molecule has 0 fully saturated rings. The summed E-state index contributed by atoms with van der Waals surface area (Å²) in [6, 6.07) is 32.4. The highest BCUT2D eigenvalue weighted by molar-refractivity contribution is 14.1. The van der Waals surface area contributed by atoms with Crippen molar-refractivity contribution in [2.45, 2.75) is 6.61 Å². The Balaban J connectivity index is 1.33. The van der Waals surface area contributed by atoms with Gasteiger partial charge in [0.05, 0.1) is 42.7 Å². The lowest BCUT2D eigenvalue weighted by molar-refractivity contribution is 0.0956. The molecule has 1 aromatic heterocycles. The van der Waals surface area contributed by atoms with Crippen LogP contribution in [-0.4, -0.2) is 17.1 Å². The van der Waals surface area contributed by atoms with E-state index in [2.05, 4.69) is 55.1 Å². The molecular weight excluding hydrogens is 667 g/mol. The summed E-state index contributed by atoms with van der Waals surface area (Å²) >= 11 is 5.76. The second-order valence-corrected chi connectivity index (χ2v) is 10.5. The van der Waals surface area contributed by atoms with Gasteiger partial charge in [-0.25, -0.2) is 10.4 Å². The van der Waals surface area contributed by atoms with Gasteiger partial charge in [0, 0.05) is 16.5 Å². The first kappa shape index (κ1) is 26.5. The lowest BCUT2D eigenvalue weighted by atomic mass is 10.0. The van der Waals surface area contributed by atoms with Gasteiger partial charge in [-0.05, 0) is 74.4 Å². The number of amides is 1. The maximum Gasteiger partial charge on any atom is 0.272 e. The van der Waals surface area contributed by atoms with Crippen molar-refractivity contribution in [3.8, 4) is 23.1 Å². The lowest BCUT2D eigenvalue weighted by Crippen LogP contribution is -2.18. The van der Waals surface area contributed by atoms with E-state index in [1.165, 1.54) is 0 Å². The number of nitrogens with one attached hydrogen (secondary N) is 1. The predicted molar refractivity (Wildman–Crippen MR) is 165 cm³/mol. The number of carbonyl (C=O) groups is 1. The summed E-state index contributed by atoms with van der Waals surface area (Å²) in [5, 5.41) is 14.3. The SMILES string of the molecule is N#Cc1ccccc1COc1c(Br)cc(/C=N/NC(=O)c2cc(-c3ccccc3)nc3ccccc23)cc1I. The Labute approximate surface area is 247 Å². The number of aromatic nitrogens is 1. The highest BCUT2D eigenvalue weighted by Gasteiger charge is 2.14. The Kier molecular flexibility index (Phi) is 8.30. The van der Waals surface area contributed by atoms with Crippen LogP contribution in [0.4, 0.5) is 0 Å². The molecule has 0 aliphatic heterocycles. The molecule has 1 heterocycles. The Bertz CT molecular complexity index is 1730. The molecule has 39 heavy (non-hydrogen) atoms. The van der Waals surface area contributed by atoms with Crippen molar-refractivity contribution >= 4 is 61.5 Å². The van der Waals surface area contributed by atoms with Crippen LogP contribution in [0.15, 0.2) is 107 Å². The molecular formula is C31H20BrIN4O2. The average molecular weight is 687 g/mol. The molecule has 0 unspecified atom stereocenters. The molecule has 1 N–H and O–H groups in total. The highest BCUT2D eigenvalue weighted by atomic mass is 127. The number of fused-ring (bicyclic) bond motifs is 1. The topological polar surface area (TPSA) is 87.4 Å². The smallest absolute Gasteiger partial charge is 0.272 e. The van der Waals surface area contributed by atoms with Crippen LogP contribution in [0.3, 0.4) is 0 Å². The summed E-state index contributed by atoms with van der Waals surface area (Å²) < 4.78 is 7.61. The fourth-order valence-electron chi connectivity index (χ4n) is 4.04. The first-order chi connectivity index (χ1) is 19.0. The van der Waals surface area contributed by atoms with E-state index in [1.54, 1.807) is 18.3 Å². The largest absolute Gasteiger partial charge is 0.487 e. The minimum Gasteiger partial charge on any atom is -0.487 e. The van der Waals surface area contributed by atoms with Crippen molar-refractivity contribution in [1.29, 1.82) is 5.26 Å². The van der Waals surface area contributed by atoms with Crippen molar-refractivity contribution in [1.82, 2.24) is 10.4 Å². The second kappa shape index (κ2) is 12.2. The quantitative estimate of drug-likeness (QED) is 0.109. The second-order valence-electron chi connectivity index (χ2n) is 8.51. The molecule has 0 saturated heterocycles. The van der Waals surface area contributed by atoms with Gasteiger partial charge in [0.15, 0.2) is 0 Å². The van der Waals surface area contributed by atoms with Crippen LogP contribution in [0.5, 0.6) is 5.75 Å². The summed E-state index contributed by atoms with van der Waals surface area (Å²) in [7, 11) is 0. The van der Waals surface area contributed by atoms with E-state index in [9.17, 15) is 10.1 Å². The maximum absolute atomic E-state index is 13.2. The van der Waals surface area contributed by atoms with Gasteiger partial charge in [-0.2, -0.15) is 10.4 Å². The third-order valence-corrected chi connectivity index (χ3v) is 7.33. The fraction of sp³-hybridized carbons (Fsp3) is 0.0323. The zero-order chi connectivity index (χ0) is 27.2. The standard InChI is InChI=1S/C31H20BrIN4O2/c32-26-14-20(15-27(33)30(26)39-19-23-11-5-4-10-22(23)17-34)18-35-37-31(38)25-16-29(21-8-2-1-3-9-21)36-28-13-7-6-12-24(25)28/h1-16,18H,19H2,(H,37,38)/b35-18+. The number of ether oxygens (including phenoxy) is 1. The number of pyridine rings is 1. The van der Waals surface area contributed by atoms with Gasteiger partial charge in [-0.15, -0.1) is 0 Å². The van der Waals surface area contributed by atoms with Gasteiger partial charge in [0.2, 0.25) is 0 Å². The van der Waals surface area contributed by atoms with E-state index in [4.69, 9.17) is 9.72 Å². The van der Waals surface area contributed by atoms with Crippen LogP contribution in [0.25, 0.3) is 22.2 Å². The fourth-order valence-corrected chi connectivity index (χ4v) is 5.81. The van der Waals surface area contributed by atoms with Crippen molar-refractivity contribution < 1.29 is 9.53 Å². The summed E-state index contributed by atoms with van der Waals surface area (Å²) in [4.78, 5) is 17.9. The van der Waals surface area contributed by atoms with Crippen LogP contribution < -0.4 is 10.2 Å². The van der Waals surface area contributed by atoms with Crippen LogP contribution in [0.1, 0.15) is 27.0 Å². The van der Waals surface area contributed by atoms with Gasteiger partial charge in [0.25, 0.3) is 5.91 Å². The number of benzene rings is 4. The number of halogens is 2. The first-order valence-corrected chi connectivity index (χ1v) is 13.8. The van der Waals surface area contributed by atoms with E-state index in [0.717, 1.165) is 41.3 Å². The number of hydrazone groups is 1. The highest BCUT2D eigenvalue weighted by Crippen LogP contribution is 2.32. The van der Waals surface area contributed by atoms with Crippen molar-refractivity contribution in [2.75, 3.05) is 0 Å². The Hall–Kier alpha value is -4.07. The van der Waals surface area contributed by atoms with Crippen molar-refractivity contribution in [3.05, 3.63) is 127 Å². The van der Waals surface area contributed by atoms with Crippen LogP contribution in [0.2, 0.25) is 0 Å². The molecule has 0 atom stereocenters. The molecule has 0 spiro atoms. The molecule has 8 heteroatoms. The molecule has 190 valence electrons. The van der Waals surface area contributed by atoms with Crippen molar-refractivity contribution in [3.63, 3.8) is 0 Å². The number of para-hydroxylation sites is 1. The zero-order valence-electron chi connectivity index (χ0n) is 20.4. The van der Waals surface area contributed by atoms with Gasteiger partial charge in [0.1, 0.15) is 12.4 Å². The number of nitrogens with zero attached hydrogens (tertiary/aromatic N) is 3. The number of hydrogen-bond acceptors (Lipinski definition) is 5. The monoisotopic (exact) mass is 686 g/mol. The molecule has 0 bridgehead atoms. The Morgan fingerprint density at radius 1 is 1.03 bits per heavy atom. The Morgan fingerprint density at radius 2 is 1.77 bits per heavy atom. The number of carbonyl (C=O) groups excluding carboxylic acids is 1. The van der Waals surface area contributed by atoms with Crippen LogP contribution in [-0.2, 0) is 6.61 Å².